The lowest BCUT2D eigenvalue weighted by atomic mass is 10.00. The van der Waals surface area contributed by atoms with Crippen molar-refractivity contribution in [2.45, 2.75) is 51.7 Å². The summed E-state index contributed by atoms with van der Waals surface area (Å²) in [5, 5.41) is 6.22. The van der Waals surface area contributed by atoms with Gasteiger partial charge in [0, 0.05) is 23.6 Å². The molecular formula is C31H32ClN5O6. The van der Waals surface area contributed by atoms with Crippen molar-refractivity contribution in [2.75, 3.05) is 12.4 Å². The Labute approximate surface area is 253 Å². The first-order chi connectivity index (χ1) is 20.4. The molecule has 224 valence electrons. The number of methoxy groups -OCH3 is 1. The van der Waals surface area contributed by atoms with Gasteiger partial charge >= 0.3 is 12.0 Å². The number of hydrogen-bond donors (Lipinski definition) is 3. The van der Waals surface area contributed by atoms with Crippen LogP contribution >= 0.6 is 11.6 Å². The zero-order chi connectivity index (χ0) is 31.1. The first-order valence-electron chi connectivity index (χ1n) is 13.6. The van der Waals surface area contributed by atoms with E-state index in [0.29, 0.717) is 18.2 Å². The highest BCUT2D eigenvalue weighted by Gasteiger charge is 2.21. The highest BCUT2D eigenvalue weighted by molar-refractivity contribution is 6.34. The number of hydrogen-bond acceptors (Lipinski definition) is 8. The van der Waals surface area contributed by atoms with Crippen LogP contribution in [0.1, 0.15) is 72.4 Å². The van der Waals surface area contributed by atoms with E-state index in [1.807, 2.05) is 51.1 Å². The highest BCUT2D eigenvalue weighted by Crippen LogP contribution is 2.26. The third-order valence-electron chi connectivity index (χ3n) is 6.28. The molecule has 4 aromatic rings. The zero-order valence-corrected chi connectivity index (χ0v) is 24.9. The molecule has 0 bridgehead atoms. The zero-order valence-electron chi connectivity index (χ0n) is 24.2. The molecule has 12 heteroatoms. The predicted molar refractivity (Wildman–Crippen MR) is 162 cm³/mol. The highest BCUT2D eigenvalue weighted by atomic mass is 35.5. The number of esters is 1. The number of halogens is 1. The standard InChI is InChI=1S/C31H32ClN5O6/c1-31(2,3)43-25(38)12-8-11-23(18-9-6-5-7-10-18)34-27(39)19-13-14-22(32)24(16-19)35-28(40)21-15-20-17-33-30(42-4)37-26(20)36-29(21)41/h5-7,9-10,13-17,23H,8,11-12H2,1-4H3,(H,34,39)(H,35,40)(H,33,36,37,41)/t23-/m0/s1. The number of carbonyl (C=O) groups excluding carboxylic acids is 3. The van der Waals surface area contributed by atoms with Crippen LogP contribution in [-0.4, -0.2) is 45.4 Å². The monoisotopic (exact) mass is 605 g/mol. The number of nitrogens with zero attached hydrogens (tertiary/aromatic N) is 2. The van der Waals surface area contributed by atoms with E-state index in [4.69, 9.17) is 21.1 Å². The largest absolute Gasteiger partial charge is 0.467 e. The summed E-state index contributed by atoms with van der Waals surface area (Å²) in [7, 11) is 1.40. The summed E-state index contributed by atoms with van der Waals surface area (Å²) in [4.78, 5) is 61.8. The molecule has 0 unspecified atom stereocenters. The fourth-order valence-electron chi connectivity index (χ4n) is 4.29. The average Bonchev–Trinajstić information content (AvgIpc) is 2.96. The van der Waals surface area contributed by atoms with Gasteiger partial charge < -0.3 is 25.1 Å². The molecule has 4 rings (SSSR count). The minimum Gasteiger partial charge on any atom is -0.467 e. The number of fused-ring (bicyclic) bond motifs is 1. The van der Waals surface area contributed by atoms with Crippen molar-refractivity contribution in [1.29, 1.82) is 0 Å². The molecule has 43 heavy (non-hydrogen) atoms. The number of rotatable bonds is 10. The number of benzene rings is 2. The SMILES string of the molecule is COc1ncc2cc(C(=O)Nc3cc(C(=O)N[C@@H](CCCC(=O)OC(C)(C)C)c4ccccc4)ccc3Cl)c(=O)[nH]c2n1. The molecule has 2 aromatic heterocycles. The lowest BCUT2D eigenvalue weighted by Gasteiger charge is -2.21. The summed E-state index contributed by atoms with van der Waals surface area (Å²) in [6.45, 7) is 5.44. The van der Waals surface area contributed by atoms with E-state index in [9.17, 15) is 19.2 Å². The lowest BCUT2D eigenvalue weighted by Crippen LogP contribution is -2.29. The Hall–Kier alpha value is -4.77. The van der Waals surface area contributed by atoms with Crippen molar-refractivity contribution < 1.29 is 23.9 Å². The van der Waals surface area contributed by atoms with Crippen LogP contribution in [0.2, 0.25) is 5.02 Å². The Balaban J connectivity index is 1.49. The van der Waals surface area contributed by atoms with Crippen LogP contribution in [0.25, 0.3) is 11.0 Å². The fourth-order valence-corrected chi connectivity index (χ4v) is 4.45. The van der Waals surface area contributed by atoms with Gasteiger partial charge in [0.2, 0.25) is 0 Å². The third-order valence-corrected chi connectivity index (χ3v) is 6.61. The van der Waals surface area contributed by atoms with Crippen molar-refractivity contribution >= 4 is 46.1 Å². The fraction of sp³-hybridized carbons (Fsp3) is 0.290. The predicted octanol–water partition coefficient (Wildman–Crippen LogP) is 5.22. The number of H-pyrrole nitrogens is 1. The van der Waals surface area contributed by atoms with Gasteiger partial charge in [-0.05, 0) is 63.4 Å². The van der Waals surface area contributed by atoms with E-state index in [-0.39, 0.29) is 51.9 Å². The average molecular weight is 606 g/mol. The lowest BCUT2D eigenvalue weighted by molar-refractivity contribution is -0.154. The third kappa shape index (κ3) is 8.39. The minimum absolute atomic E-state index is 0.0692. The van der Waals surface area contributed by atoms with Crippen LogP contribution in [0, 0.1) is 0 Å². The van der Waals surface area contributed by atoms with Crippen molar-refractivity contribution in [1.82, 2.24) is 20.3 Å². The molecule has 0 radical (unpaired) electrons. The number of anilines is 1. The van der Waals surface area contributed by atoms with E-state index >= 15 is 0 Å². The van der Waals surface area contributed by atoms with Gasteiger partial charge in [-0.25, -0.2) is 4.98 Å². The number of aromatic amines is 1. The van der Waals surface area contributed by atoms with Gasteiger partial charge in [-0.2, -0.15) is 4.98 Å². The van der Waals surface area contributed by atoms with E-state index in [0.717, 1.165) is 5.56 Å². The first kappa shape index (κ1) is 31.2. The molecule has 0 spiro atoms. The van der Waals surface area contributed by atoms with E-state index < -0.39 is 23.0 Å². The van der Waals surface area contributed by atoms with Gasteiger partial charge in [-0.3, -0.25) is 19.2 Å². The molecule has 3 N–H and O–H groups in total. The van der Waals surface area contributed by atoms with E-state index in [2.05, 4.69) is 25.6 Å². The summed E-state index contributed by atoms with van der Waals surface area (Å²) in [6.07, 6.45) is 2.62. The molecule has 0 saturated heterocycles. The maximum absolute atomic E-state index is 13.3. The van der Waals surface area contributed by atoms with Crippen LogP contribution in [0.5, 0.6) is 6.01 Å². The Bertz CT molecular complexity index is 1700. The smallest absolute Gasteiger partial charge is 0.318 e. The summed E-state index contributed by atoms with van der Waals surface area (Å²) < 4.78 is 10.4. The minimum atomic E-state index is -0.734. The summed E-state index contributed by atoms with van der Waals surface area (Å²) in [5.74, 6) is -1.45. The van der Waals surface area contributed by atoms with E-state index in [1.54, 1.807) is 0 Å². The molecule has 2 aromatic carbocycles. The Morgan fingerprint density at radius 1 is 1.05 bits per heavy atom. The molecule has 1 atom stereocenters. The molecule has 11 nitrogen and oxygen atoms in total. The summed E-state index contributed by atoms with van der Waals surface area (Å²) >= 11 is 6.34. The van der Waals surface area contributed by atoms with Gasteiger partial charge in [0.15, 0.2) is 0 Å². The van der Waals surface area contributed by atoms with Crippen molar-refractivity contribution in [3.8, 4) is 6.01 Å². The van der Waals surface area contributed by atoms with Crippen LogP contribution in [0.3, 0.4) is 0 Å². The van der Waals surface area contributed by atoms with Gasteiger partial charge in [0.25, 0.3) is 17.4 Å². The van der Waals surface area contributed by atoms with Crippen LogP contribution in [-0.2, 0) is 9.53 Å². The second-order valence-electron chi connectivity index (χ2n) is 10.7. The number of pyridine rings is 1. The molecule has 0 aliphatic rings. The van der Waals surface area contributed by atoms with Crippen LogP contribution < -0.4 is 20.9 Å². The molecule has 0 saturated carbocycles. The maximum Gasteiger partial charge on any atom is 0.318 e. The Kier molecular flexibility index (Phi) is 9.77. The topological polar surface area (TPSA) is 152 Å². The quantitative estimate of drug-likeness (QED) is 0.208. The Morgan fingerprint density at radius 3 is 2.49 bits per heavy atom. The van der Waals surface area contributed by atoms with Gasteiger partial charge in [0.1, 0.15) is 16.8 Å². The number of ether oxygens (including phenoxy) is 2. The summed E-state index contributed by atoms with van der Waals surface area (Å²) in [5.41, 5.74) is 0.0283. The van der Waals surface area contributed by atoms with Gasteiger partial charge in [0.05, 0.1) is 23.9 Å². The van der Waals surface area contributed by atoms with Gasteiger partial charge in [-0.1, -0.05) is 41.9 Å². The van der Waals surface area contributed by atoms with Crippen molar-refractivity contribution in [3.63, 3.8) is 0 Å². The molecule has 0 fully saturated rings. The second-order valence-corrected chi connectivity index (χ2v) is 11.1. The number of aromatic nitrogens is 3. The molecule has 0 aliphatic carbocycles. The maximum atomic E-state index is 13.3. The number of amides is 2. The molecule has 2 amide bonds. The van der Waals surface area contributed by atoms with E-state index in [1.165, 1.54) is 37.6 Å². The summed E-state index contributed by atoms with van der Waals surface area (Å²) in [6, 6.07) is 14.9. The number of nitrogens with one attached hydrogen (secondary N) is 3. The van der Waals surface area contributed by atoms with Crippen LogP contribution in [0.15, 0.2) is 65.6 Å². The molecular weight excluding hydrogens is 574 g/mol. The van der Waals surface area contributed by atoms with Gasteiger partial charge in [-0.15, -0.1) is 0 Å². The molecule has 2 heterocycles. The number of carbonyl (C=O) groups is 3. The first-order valence-corrected chi connectivity index (χ1v) is 13.9. The second kappa shape index (κ2) is 13.5. The molecule has 0 aliphatic heterocycles. The van der Waals surface area contributed by atoms with Crippen molar-refractivity contribution in [2.24, 2.45) is 0 Å². The van der Waals surface area contributed by atoms with Crippen LogP contribution in [0.4, 0.5) is 5.69 Å². The Morgan fingerprint density at radius 2 is 1.79 bits per heavy atom. The normalized spacial score (nSPS) is 11.9. The van der Waals surface area contributed by atoms with Crippen molar-refractivity contribution in [3.05, 3.63) is 92.9 Å².